The second kappa shape index (κ2) is 17.1. The lowest BCUT2D eigenvalue weighted by Gasteiger charge is -2.22. The van der Waals surface area contributed by atoms with Crippen molar-refractivity contribution in [3.63, 3.8) is 0 Å². The lowest BCUT2D eigenvalue weighted by Crippen LogP contribution is -2.15. The van der Waals surface area contributed by atoms with E-state index in [2.05, 4.69) is 27.0 Å². The molecule has 0 bridgehead atoms. The molecular formula is C43H40O10. The average Bonchev–Trinajstić information content (AvgIpc) is 3.36. The number of carbonyl (C=O) groups is 3. The van der Waals surface area contributed by atoms with Crippen LogP contribution < -0.4 is 18.9 Å². The summed E-state index contributed by atoms with van der Waals surface area (Å²) < 4.78 is 37.8. The van der Waals surface area contributed by atoms with Gasteiger partial charge in [-0.05, 0) is 108 Å². The number of fused-ring (bicyclic) bond motifs is 3. The molecule has 0 N–H and O–H groups in total. The van der Waals surface area contributed by atoms with Gasteiger partial charge in [0.15, 0.2) is 0 Å². The number of benzene rings is 4. The molecule has 0 amide bonds. The SMILES string of the molecule is C=C(C)C(=O)OCOc1ccc(C=COCOc2ccc3c(c2)C(C)(C)c2cc(OC(=O)C=Cc4ccc(OCOC(=O)C(=C)C)cc4)ccc2-3)cc1. The van der Waals surface area contributed by atoms with Crippen molar-refractivity contribution < 1.29 is 47.5 Å². The Morgan fingerprint density at radius 2 is 1.06 bits per heavy atom. The molecule has 0 heterocycles. The third-order valence-electron chi connectivity index (χ3n) is 8.19. The van der Waals surface area contributed by atoms with Gasteiger partial charge < -0.3 is 33.2 Å². The Bertz CT molecular complexity index is 2050. The summed E-state index contributed by atoms with van der Waals surface area (Å²) in [6.45, 7) is 14.0. The minimum atomic E-state index is -0.525. The molecule has 0 aromatic heterocycles. The number of hydrogen-bond acceptors (Lipinski definition) is 10. The standard InChI is InChI=1S/C43H40O10/c1-28(2)41(45)51-26-49-32-12-7-30(8-13-32)11-20-40(44)53-35-17-19-37-36-18-16-34(23-38(36)43(5,6)39(37)24-35)48-25-47-22-21-31-9-14-33(15-10-31)50-27-52-42(46)29(3)4/h7-24H,1,3,25-27H2,2,4-6H3. The summed E-state index contributed by atoms with van der Waals surface area (Å²) in [5, 5.41) is 0. The molecule has 0 saturated carbocycles. The van der Waals surface area contributed by atoms with Crippen molar-refractivity contribution in [2.75, 3.05) is 20.4 Å². The summed E-state index contributed by atoms with van der Waals surface area (Å²) in [5.41, 5.74) is 6.13. The molecule has 5 rings (SSSR count). The summed E-state index contributed by atoms with van der Waals surface area (Å²) in [5.74, 6) is 0.623. The van der Waals surface area contributed by atoms with Crippen LogP contribution in [0.15, 0.2) is 122 Å². The van der Waals surface area contributed by atoms with E-state index < -0.39 is 17.9 Å². The second-order valence-corrected chi connectivity index (χ2v) is 12.6. The van der Waals surface area contributed by atoms with E-state index in [1.807, 2.05) is 42.5 Å². The molecule has 10 heteroatoms. The van der Waals surface area contributed by atoms with Gasteiger partial charge in [0, 0.05) is 22.6 Å². The highest BCUT2D eigenvalue weighted by molar-refractivity contribution is 5.89. The Balaban J connectivity index is 1.10. The summed E-state index contributed by atoms with van der Waals surface area (Å²) in [6.07, 6.45) is 6.35. The smallest absolute Gasteiger partial charge is 0.336 e. The van der Waals surface area contributed by atoms with Crippen molar-refractivity contribution in [1.29, 1.82) is 0 Å². The molecule has 10 nitrogen and oxygen atoms in total. The molecule has 1 aliphatic carbocycles. The predicted molar refractivity (Wildman–Crippen MR) is 200 cm³/mol. The molecule has 0 unspecified atom stereocenters. The molecule has 4 aromatic rings. The Hall–Kier alpha value is -6.55. The number of carbonyl (C=O) groups excluding carboxylic acids is 3. The van der Waals surface area contributed by atoms with Crippen molar-refractivity contribution in [3.05, 3.63) is 144 Å². The van der Waals surface area contributed by atoms with Crippen LogP contribution in [0.5, 0.6) is 23.0 Å². The largest absolute Gasteiger partial charge is 0.465 e. The number of esters is 3. The summed E-state index contributed by atoms with van der Waals surface area (Å²) in [4.78, 5) is 35.6. The third-order valence-corrected chi connectivity index (χ3v) is 8.19. The first-order valence-corrected chi connectivity index (χ1v) is 16.6. The van der Waals surface area contributed by atoms with Crippen LogP contribution in [0, 0.1) is 0 Å². The number of ether oxygens (including phenoxy) is 7. The van der Waals surface area contributed by atoms with E-state index in [-0.39, 0.29) is 25.8 Å². The van der Waals surface area contributed by atoms with Crippen LogP contribution in [0.1, 0.15) is 49.9 Å². The molecule has 0 fully saturated rings. The maximum absolute atomic E-state index is 12.7. The molecule has 0 atom stereocenters. The topological polar surface area (TPSA) is 116 Å². The Kier molecular flexibility index (Phi) is 12.2. The average molecular weight is 717 g/mol. The second-order valence-electron chi connectivity index (χ2n) is 12.6. The highest BCUT2D eigenvalue weighted by Crippen LogP contribution is 2.50. The van der Waals surface area contributed by atoms with Crippen LogP contribution in [-0.2, 0) is 34.0 Å². The lowest BCUT2D eigenvalue weighted by molar-refractivity contribution is -0.146. The molecule has 0 spiro atoms. The molecule has 0 saturated heterocycles. The summed E-state index contributed by atoms with van der Waals surface area (Å²) in [6, 6.07) is 25.7. The van der Waals surface area contributed by atoms with Gasteiger partial charge in [-0.15, -0.1) is 0 Å². The fraction of sp³-hybridized carbons (Fsp3) is 0.186. The lowest BCUT2D eigenvalue weighted by atomic mass is 9.82. The molecule has 1 aliphatic rings. The first-order chi connectivity index (χ1) is 25.4. The van der Waals surface area contributed by atoms with E-state index in [1.54, 1.807) is 74.7 Å². The monoisotopic (exact) mass is 716 g/mol. The van der Waals surface area contributed by atoms with Crippen molar-refractivity contribution in [1.82, 2.24) is 0 Å². The van der Waals surface area contributed by atoms with Crippen LogP contribution in [0.25, 0.3) is 23.3 Å². The van der Waals surface area contributed by atoms with Gasteiger partial charge in [0.05, 0.1) is 6.26 Å². The van der Waals surface area contributed by atoms with Gasteiger partial charge in [-0.25, -0.2) is 14.4 Å². The van der Waals surface area contributed by atoms with E-state index in [4.69, 9.17) is 33.2 Å². The van der Waals surface area contributed by atoms with E-state index >= 15 is 0 Å². The van der Waals surface area contributed by atoms with Crippen molar-refractivity contribution >= 4 is 30.1 Å². The molecule has 0 radical (unpaired) electrons. The van der Waals surface area contributed by atoms with Crippen LogP contribution in [0.2, 0.25) is 0 Å². The molecule has 53 heavy (non-hydrogen) atoms. The Morgan fingerprint density at radius 3 is 1.58 bits per heavy atom. The number of rotatable bonds is 16. The first-order valence-electron chi connectivity index (χ1n) is 16.6. The molecule has 4 aromatic carbocycles. The predicted octanol–water partition coefficient (Wildman–Crippen LogP) is 8.55. The fourth-order valence-electron chi connectivity index (χ4n) is 5.33. The zero-order chi connectivity index (χ0) is 38.0. The van der Waals surface area contributed by atoms with Crippen LogP contribution >= 0.6 is 0 Å². The zero-order valence-corrected chi connectivity index (χ0v) is 30.0. The highest BCUT2D eigenvalue weighted by Gasteiger charge is 2.36. The maximum atomic E-state index is 12.7. The summed E-state index contributed by atoms with van der Waals surface area (Å²) in [7, 11) is 0. The van der Waals surface area contributed by atoms with Gasteiger partial charge >= 0.3 is 17.9 Å². The normalized spacial score (nSPS) is 12.4. The van der Waals surface area contributed by atoms with Crippen LogP contribution in [-0.4, -0.2) is 38.3 Å². The maximum Gasteiger partial charge on any atom is 0.336 e. The van der Waals surface area contributed by atoms with Gasteiger partial charge in [-0.3, -0.25) is 0 Å². The van der Waals surface area contributed by atoms with Gasteiger partial charge in [-0.1, -0.05) is 63.4 Å². The van der Waals surface area contributed by atoms with Gasteiger partial charge in [0.25, 0.3) is 0 Å². The third kappa shape index (κ3) is 10.0. The summed E-state index contributed by atoms with van der Waals surface area (Å²) >= 11 is 0. The quantitative estimate of drug-likeness (QED) is 0.0279. The van der Waals surface area contributed by atoms with Crippen LogP contribution in [0.4, 0.5) is 0 Å². The van der Waals surface area contributed by atoms with Crippen molar-refractivity contribution in [2.24, 2.45) is 0 Å². The zero-order valence-electron chi connectivity index (χ0n) is 30.0. The Morgan fingerprint density at radius 1 is 0.604 bits per heavy atom. The minimum Gasteiger partial charge on any atom is -0.465 e. The number of hydrogen-bond donors (Lipinski definition) is 0. The first kappa shape index (κ1) is 37.7. The fourth-order valence-corrected chi connectivity index (χ4v) is 5.33. The van der Waals surface area contributed by atoms with Crippen molar-refractivity contribution in [2.45, 2.75) is 33.1 Å². The molecule has 272 valence electrons. The van der Waals surface area contributed by atoms with E-state index in [0.717, 1.165) is 33.4 Å². The minimum absolute atomic E-state index is 0.0104. The van der Waals surface area contributed by atoms with Crippen molar-refractivity contribution in [3.8, 4) is 34.1 Å². The van der Waals surface area contributed by atoms with Gasteiger partial charge in [0.2, 0.25) is 20.4 Å². The molecule has 0 aliphatic heterocycles. The van der Waals surface area contributed by atoms with Gasteiger partial charge in [-0.2, -0.15) is 0 Å². The van der Waals surface area contributed by atoms with E-state index in [9.17, 15) is 14.4 Å². The Labute approximate surface area is 308 Å². The van der Waals surface area contributed by atoms with Gasteiger partial charge in [0.1, 0.15) is 23.0 Å². The highest BCUT2D eigenvalue weighted by atomic mass is 16.7. The van der Waals surface area contributed by atoms with E-state index in [0.29, 0.717) is 34.1 Å². The van der Waals surface area contributed by atoms with Crippen LogP contribution in [0.3, 0.4) is 0 Å². The molecular weight excluding hydrogens is 676 g/mol. The van der Waals surface area contributed by atoms with E-state index in [1.165, 1.54) is 6.08 Å².